The molecular weight excluding hydrogens is 435 g/mol. The molecule has 170 valence electrons. The van der Waals surface area contributed by atoms with Crippen molar-refractivity contribution < 1.29 is 12.8 Å². The number of likely N-dealkylation sites (tertiary alicyclic amines) is 1. The van der Waals surface area contributed by atoms with E-state index in [1.165, 1.54) is 25.6 Å². The van der Waals surface area contributed by atoms with Crippen LogP contribution in [-0.4, -0.2) is 54.3 Å². The maximum absolute atomic E-state index is 14.0. The lowest BCUT2D eigenvalue weighted by molar-refractivity contribution is 0.0991. The second-order valence-electron chi connectivity index (χ2n) is 9.33. The first-order valence-electron chi connectivity index (χ1n) is 10.8. The Bertz CT molecular complexity index is 1040. The number of anilines is 1. The van der Waals surface area contributed by atoms with Gasteiger partial charge in [0, 0.05) is 37.6 Å². The Hall–Kier alpha value is -1.55. The van der Waals surface area contributed by atoms with Gasteiger partial charge in [-0.3, -0.25) is 9.21 Å². The third-order valence-corrected chi connectivity index (χ3v) is 9.32. The smallest absolute Gasteiger partial charge is 0.295 e. The molecule has 0 saturated carbocycles. The Morgan fingerprint density at radius 2 is 2.13 bits per heavy atom. The number of aromatic nitrogens is 1. The van der Waals surface area contributed by atoms with Gasteiger partial charge in [-0.2, -0.15) is 12.7 Å². The molecule has 1 aromatic heterocycles. The number of rotatable bonds is 5. The molecule has 6 nitrogen and oxygen atoms in total. The molecule has 0 unspecified atom stereocenters. The van der Waals surface area contributed by atoms with Gasteiger partial charge in [0.1, 0.15) is 5.82 Å². The van der Waals surface area contributed by atoms with Crippen molar-refractivity contribution in [3.8, 4) is 0 Å². The maximum Gasteiger partial charge on any atom is 0.304 e. The number of benzene rings is 1. The monoisotopic (exact) mass is 466 g/mol. The molecule has 2 aromatic rings. The molecule has 9 heteroatoms. The van der Waals surface area contributed by atoms with Crippen LogP contribution in [0.2, 0.25) is 0 Å². The first kappa shape index (κ1) is 22.6. The van der Waals surface area contributed by atoms with E-state index in [0.29, 0.717) is 31.0 Å². The molecule has 3 heterocycles. The third-order valence-electron chi connectivity index (χ3n) is 6.45. The fraction of sp³-hybridized carbons (Fsp3) is 0.591. The Morgan fingerprint density at radius 1 is 1.35 bits per heavy atom. The number of piperidine rings is 1. The first-order chi connectivity index (χ1) is 14.6. The van der Waals surface area contributed by atoms with Crippen LogP contribution >= 0.6 is 11.3 Å². The van der Waals surface area contributed by atoms with Crippen molar-refractivity contribution in [2.45, 2.75) is 58.2 Å². The van der Waals surface area contributed by atoms with Gasteiger partial charge in [0.05, 0.1) is 22.4 Å². The number of hydrogen-bond acceptors (Lipinski definition) is 5. The molecule has 4 rings (SSSR count). The molecule has 1 aromatic carbocycles. The summed E-state index contributed by atoms with van der Waals surface area (Å²) in [5, 5.41) is 0. The Kier molecular flexibility index (Phi) is 6.15. The van der Waals surface area contributed by atoms with Crippen LogP contribution in [0.5, 0.6) is 0 Å². The fourth-order valence-corrected chi connectivity index (χ4v) is 7.79. The lowest BCUT2D eigenvalue weighted by Gasteiger charge is -2.47. The van der Waals surface area contributed by atoms with Crippen LogP contribution in [0, 0.1) is 11.7 Å². The van der Waals surface area contributed by atoms with Gasteiger partial charge in [-0.25, -0.2) is 9.37 Å². The molecule has 0 bridgehead atoms. The largest absolute Gasteiger partial charge is 0.304 e. The van der Waals surface area contributed by atoms with E-state index >= 15 is 0 Å². The van der Waals surface area contributed by atoms with E-state index in [2.05, 4.69) is 30.7 Å². The summed E-state index contributed by atoms with van der Waals surface area (Å²) in [4.78, 5) is 8.36. The van der Waals surface area contributed by atoms with E-state index in [9.17, 15) is 12.8 Å². The van der Waals surface area contributed by atoms with Crippen LogP contribution in [0.1, 0.15) is 44.2 Å². The first-order valence-corrected chi connectivity index (χ1v) is 13.1. The van der Waals surface area contributed by atoms with Gasteiger partial charge >= 0.3 is 10.2 Å². The molecule has 2 saturated heterocycles. The van der Waals surface area contributed by atoms with Crippen molar-refractivity contribution in [1.82, 2.24) is 14.2 Å². The fourth-order valence-electron chi connectivity index (χ4n) is 5.02. The van der Waals surface area contributed by atoms with Crippen molar-refractivity contribution in [1.29, 1.82) is 0 Å². The van der Waals surface area contributed by atoms with E-state index in [1.54, 1.807) is 30.5 Å². The molecule has 2 aliphatic heterocycles. The highest BCUT2D eigenvalue weighted by atomic mass is 32.2. The predicted molar refractivity (Wildman–Crippen MR) is 123 cm³/mol. The minimum atomic E-state index is -3.68. The minimum Gasteiger partial charge on any atom is -0.295 e. The molecule has 0 aliphatic carbocycles. The number of halogens is 1. The second kappa shape index (κ2) is 8.42. The topological polar surface area (TPSA) is 56.8 Å². The summed E-state index contributed by atoms with van der Waals surface area (Å²) < 4.78 is 43.2. The molecule has 2 atom stereocenters. The van der Waals surface area contributed by atoms with Gasteiger partial charge in [-0.1, -0.05) is 19.9 Å². The second-order valence-corrected chi connectivity index (χ2v) is 12.1. The lowest BCUT2D eigenvalue weighted by atomic mass is 9.82. The van der Waals surface area contributed by atoms with Crippen molar-refractivity contribution in [3.63, 3.8) is 0 Å². The normalized spacial score (nSPS) is 26.9. The van der Waals surface area contributed by atoms with Gasteiger partial charge < -0.3 is 0 Å². The SMILES string of the molecule is CC(C)Cc1scnc1CN1CC[C@@]2(C[C@@H]1C)CN(C)S(=O)(=O)N2c1cccc(F)c1. The average Bonchev–Trinajstić information content (AvgIpc) is 3.17. The zero-order valence-electron chi connectivity index (χ0n) is 18.6. The average molecular weight is 467 g/mol. The Balaban J connectivity index is 1.58. The number of hydrogen-bond donors (Lipinski definition) is 0. The van der Waals surface area contributed by atoms with E-state index in [0.717, 1.165) is 25.2 Å². The molecule has 1 spiro atoms. The minimum absolute atomic E-state index is 0.181. The third kappa shape index (κ3) is 4.25. The molecule has 0 amide bonds. The molecule has 0 radical (unpaired) electrons. The van der Waals surface area contributed by atoms with Gasteiger partial charge in [-0.05, 0) is 50.3 Å². The van der Waals surface area contributed by atoms with Crippen molar-refractivity contribution >= 4 is 27.2 Å². The number of thiazole rings is 1. The quantitative estimate of drug-likeness (QED) is 0.671. The summed E-state index contributed by atoms with van der Waals surface area (Å²) in [6.07, 6.45) is 2.42. The van der Waals surface area contributed by atoms with Gasteiger partial charge in [0.15, 0.2) is 0 Å². The molecule has 0 N–H and O–H groups in total. The zero-order valence-corrected chi connectivity index (χ0v) is 20.2. The number of nitrogens with zero attached hydrogens (tertiary/aromatic N) is 4. The van der Waals surface area contributed by atoms with E-state index < -0.39 is 21.6 Å². The lowest BCUT2D eigenvalue weighted by Crippen LogP contribution is -2.57. The van der Waals surface area contributed by atoms with Gasteiger partial charge in [0.2, 0.25) is 0 Å². The molecule has 2 fully saturated rings. The summed E-state index contributed by atoms with van der Waals surface area (Å²) in [7, 11) is -2.07. The molecule has 2 aliphatic rings. The van der Waals surface area contributed by atoms with Crippen LogP contribution in [-0.2, 0) is 23.2 Å². The predicted octanol–water partition coefficient (Wildman–Crippen LogP) is 3.90. The van der Waals surface area contributed by atoms with Crippen LogP contribution in [0.25, 0.3) is 0 Å². The van der Waals surface area contributed by atoms with Crippen LogP contribution in [0.15, 0.2) is 29.8 Å². The summed E-state index contributed by atoms with van der Waals surface area (Å²) in [5.74, 6) is 0.157. The van der Waals surface area contributed by atoms with E-state index in [-0.39, 0.29) is 6.04 Å². The zero-order chi connectivity index (χ0) is 22.4. The Labute approximate surface area is 188 Å². The van der Waals surface area contributed by atoms with Crippen LogP contribution in [0.3, 0.4) is 0 Å². The summed E-state index contributed by atoms with van der Waals surface area (Å²) >= 11 is 1.72. The Morgan fingerprint density at radius 3 is 2.81 bits per heavy atom. The maximum atomic E-state index is 14.0. The van der Waals surface area contributed by atoms with E-state index in [4.69, 9.17) is 0 Å². The standard InChI is InChI=1S/C22H31FN4O2S2/c1-16(2)10-21-20(24-15-30-21)13-26-9-8-22(12-17(26)3)14-25(4)31(28,29)27(22)19-7-5-6-18(23)11-19/h5-7,11,15-17H,8-10,12-14H2,1-4H3/t17-,22+/m0/s1. The highest BCUT2D eigenvalue weighted by Crippen LogP contribution is 2.44. The van der Waals surface area contributed by atoms with Crippen LogP contribution in [0.4, 0.5) is 10.1 Å². The molecule has 31 heavy (non-hydrogen) atoms. The van der Waals surface area contributed by atoms with E-state index in [1.807, 2.05) is 5.51 Å². The van der Waals surface area contributed by atoms with Gasteiger partial charge in [0.25, 0.3) is 0 Å². The highest BCUT2D eigenvalue weighted by molar-refractivity contribution is 7.90. The molecular formula is C22H31FN4O2S2. The summed E-state index contributed by atoms with van der Waals surface area (Å²) in [5.41, 5.74) is 2.90. The summed E-state index contributed by atoms with van der Waals surface area (Å²) in [6, 6.07) is 6.11. The van der Waals surface area contributed by atoms with Crippen molar-refractivity contribution in [2.24, 2.45) is 5.92 Å². The van der Waals surface area contributed by atoms with Crippen molar-refractivity contribution in [2.75, 3.05) is 24.4 Å². The highest BCUT2D eigenvalue weighted by Gasteiger charge is 2.55. The van der Waals surface area contributed by atoms with Crippen molar-refractivity contribution in [3.05, 3.63) is 46.2 Å². The number of likely N-dealkylation sites (N-methyl/N-ethyl adjacent to an activating group) is 1. The summed E-state index contributed by atoms with van der Waals surface area (Å²) in [6.45, 7) is 8.56. The van der Waals surface area contributed by atoms with Gasteiger partial charge in [-0.15, -0.1) is 11.3 Å². The van der Waals surface area contributed by atoms with Crippen LogP contribution < -0.4 is 4.31 Å².